The van der Waals surface area contributed by atoms with E-state index in [2.05, 4.69) is 15.4 Å². The van der Waals surface area contributed by atoms with Crippen molar-refractivity contribution < 1.29 is 8.81 Å². The second kappa shape index (κ2) is 7.58. The van der Waals surface area contributed by atoms with Crippen LogP contribution in [0.15, 0.2) is 41.2 Å². The fourth-order valence-electron chi connectivity index (χ4n) is 3.90. The van der Waals surface area contributed by atoms with Gasteiger partial charge in [-0.2, -0.15) is 5.10 Å². The molecular formula is C21H18Cl2FN5O. The summed E-state index contributed by atoms with van der Waals surface area (Å²) in [6.45, 7) is 1.96. The van der Waals surface area contributed by atoms with Crippen molar-refractivity contribution in [3.05, 3.63) is 52.7 Å². The third kappa shape index (κ3) is 3.23. The number of aromatic nitrogens is 3. The van der Waals surface area contributed by atoms with Crippen LogP contribution in [0.2, 0.25) is 10.0 Å². The van der Waals surface area contributed by atoms with Gasteiger partial charge in [-0.05, 0) is 44.1 Å². The van der Waals surface area contributed by atoms with Gasteiger partial charge in [0.05, 0.1) is 27.8 Å². The van der Waals surface area contributed by atoms with Crippen LogP contribution in [-0.4, -0.2) is 27.9 Å². The minimum Gasteiger partial charge on any atom is -0.452 e. The van der Waals surface area contributed by atoms with Gasteiger partial charge in [-0.1, -0.05) is 23.2 Å². The van der Waals surface area contributed by atoms with Crippen LogP contribution in [0, 0.1) is 5.82 Å². The summed E-state index contributed by atoms with van der Waals surface area (Å²) in [6, 6.07) is 4.78. The minimum absolute atomic E-state index is 0.103. The lowest BCUT2D eigenvalue weighted by Gasteiger charge is -2.22. The third-order valence-corrected chi connectivity index (χ3v) is 6.16. The second-order valence-corrected chi connectivity index (χ2v) is 8.10. The molecule has 0 amide bonds. The van der Waals surface area contributed by atoms with Gasteiger partial charge in [0.1, 0.15) is 11.6 Å². The number of hydrogen-bond donors (Lipinski definition) is 2. The smallest absolute Gasteiger partial charge is 0.177 e. The highest BCUT2D eigenvalue weighted by molar-refractivity contribution is 6.39. The maximum atomic E-state index is 14.0. The molecule has 9 heteroatoms. The number of nitrogens with two attached hydrogens (primary N) is 1. The lowest BCUT2D eigenvalue weighted by atomic mass is 10.1. The van der Waals surface area contributed by atoms with E-state index in [1.54, 1.807) is 12.3 Å². The average Bonchev–Trinajstić information content (AvgIpc) is 3.41. The van der Waals surface area contributed by atoms with Crippen LogP contribution in [0.4, 0.5) is 10.2 Å². The van der Waals surface area contributed by atoms with Gasteiger partial charge < -0.3 is 15.5 Å². The number of furan rings is 1. The third-order valence-electron chi connectivity index (χ3n) is 5.47. The molecule has 1 aromatic carbocycles. The number of nitrogens with zero attached hydrogens (tertiary/aromatic N) is 3. The number of benzene rings is 1. The first-order chi connectivity index (χ1) is 14.5. The van der Waals surface area contributed by atoms with Crippen LogP contribution in [0.25, 0.3) is 33.4 Å². The number of nitrogens with one attached hydrogen (secondary N) is 1. The molecule has 3 aromatic heterocycles. The number of hydrogen-bond acceptors (Lipinski definition) is 5. The van der Waals surface area contributed by atoms with Gasteiger partial charge in [-0.15, -0.1) is 0 Å². The van der Waals surface area contributed by atoms with Crippen molar-refractivity contribution in [1.82, 2.24) is 20.1 Å². The van der Waals surface area contributed by atoms with Gasteiger partial charge in [0.15, 0.2) is 11.4 Å². The summed E-state index contributed by atoms with van der Waals surface area (Å²) >= 11 is 12.4. The number of piperidine rings is 1. The highest BCUT2D eigenvalue weighted by atomic mass is 35.5. The monoisotopic (exact) mass is 445 g/mol. The molecule has 1 aliphatic rings. The lowest BCUT2D eigenvalue weighted by Crippen LogP contribution is -2.29. The lowest BCUT2D eigenvalue weighted by molar-refractivity contribution is 0.343. The highest BCUT2D eigenvalue weighted by Gasteiger charge is 2.21. The molecular weight excluding hydrogens is 428 g/mol. The molecule has 5 rings (SSSR count). The van der Waals surface area contributed by atoms with Crippen molar-refractivity contribution in [1.29, 1.82) is 0 Å². The highest BCUT2D eigenvalue weighted by Crippen LogP contribution is 2.42. The van der Waals surface area contributed by atoms with Crippen molar-refractivity contribution in [3.63, 3.8) is 0 Å². The zero-order valence-corrected chi connectivity index (χ0v) is 17.3. The Labute approximate surface area is 181 Å². The molecule has 0 unspecified atom stereocenters. The molecule has 6 nitrogen and oxygen atoms in total. The maximum Gasteiger partial charge on any atom is 0.177 e. The Kier molecular flexibility index (Phi) is 4.89. The summed E-state index contributed by atoms with van der Waals surface area (Å²) in [7, 11) is 0. The van der Waals surface area contributed by atoms with E-state index >= 15 is 0 Å². The van der Waals surface area contributed by atoms with Crippen LogP contribution in [0.3, 0.4) is 0 Å². The summed E-state index contributed by atoms with van der Waals surface area (Å²) in [5, 5.41) is 8.83. The summed E-state index contributed by atoms with van der Waals surface area (Å²) in [4.78, 5) is 4.27. The molecule has 1 fully saturated rings. The van der Waals surface area contributed by atoms with Crippen LogP contribution in [-0.2, 0) is 0 Å². The molecule has 0 aliphatic carbocycles. The fourth-order valence-corrected chi connectivity index (χ4v) is 4.45. The number of nitrogen functional groups attached to an aromatic ring is 1. The van der Waals surface area contributed by atoms with E-state index in [0.717, 1.165) is 42.4 Å². The van der Waals surface area contributed by atoms with Crippen LogP contribution >= 0.6 is 23.2 Å². The molecule has 4 heterocycles. The Morgan fingerprint density at radius 2 is 2.00 bits per heavy atom. The molecule has 4 aromatic rings. The Morgan fingerprint density at radius 3 is 2.80 bits per heavy atom. The van der Waals surface area contributed by atoms with E-state index in [0.29, 0.717) is 17.4 Å². The summed E-state index contributed by atoms with van der Waals surface area (Å²) in [5.41, 5.74) is 8.45. The van der Waals surface area contributed by atoms with E-state index < -0.39 is 5.82 Å². The maximum absolute atomic E-state index is 14.0. The standard InChI is InChI=1S/C21H18Cl2FN5O/c22-15-1-2-16(24)19(23)18(15)17-7-13-14(9-27-21(25)20(13)30-17)11-8-28-29(10-11)12-3-5-26-6-4-12/h1-2,7-10,12,26H,3-6H2,(H2,25,27). The quantitative estimate of drug-likeness (QED) is 0.417. The SMILES string of the molecule is Nc1ncc(-c2cnn(C3CCNCC3)c2)c2cc(-c3c(Cl)ccc(F)c3Cl)oc12. The number of anilines is 1. The van der Waals surface area contributed by atoms with Gasteiger partial charge in [0, 0.05) is 28.9 Å². The summed E-state index contributed by atoms with van der Waals surface area (Å²) < 4.78 is 21.9. The predicted octanol–water partition coefficient (Wildman–Crippen LogP) is 5.31. The van der Waals surface area contributed by atoms with Gasteiger partial charge >= 0.3 is 0 Å². The summed E-state index contributed by atoms with van der Waals surface area (Å²) in [6.07, 6.45) is 7.57. The van der Waals surface area contributed by atoms with Crippen molar-refractivity contribution in [2.75, 3.05) is 18.8 Å². The van der Waals surface area contributed by atoms with Crippen molar-refractivity contribution >= 4 is 40.0 Å². The average molecular weight is 446 g/mol. The first kappa shape index (κ1) is 19.4. The van der Waals surface area contributed by atoms with E-state index in [4.69, 9.17) is 33.4 Å². The Balaban J connectivity index is 1.62. The molecule has 154 valence electrons. The van der Waals surface area contributed by atoms with Crippen molar-refractivity contribution in [2.24, 2.45) is 0 Å². The topological polar surface area (TPSA) is 81.9 Å². The largest absolute Gasteiger partial charge is 0.452 e. The van der Waals surface area contributed by atoms with Crippen LogP contribution < -0.4 is 11.1 Å². The molecule has 3 N–H and O–H groups in total. The minimum atomic E-state index is -0.578. The predicted molar refractivity (Wildman–Crippen MR) is 116 cm³/mol. The Bertz CT molecular complexity index is 1250. The van der Waals surface area contributed by atoms with Crippen LogP contribution in [0.5, 0.6) is 0 Å². The molecule has 0 saturated carbocycles. The molecule has 0 spiro atoms. The van der Waals surface area contributed by atoms with Crippen LogP contribution in [0.1, 0.15) is 18.9 Å². The Morgan fingerprint density at radius 1 is 1.20 bits per heavy atom. The fraction of sp³-hybridized carbons (Fsp3) is 0.238. The van der Waals surface area contributed by atoms with Crippen molar-refractivity contribution in [2.45, 2.75) is 18.9 Å². The first-order valence-electron chi connectivity index (χ1n) is 9.60. The summed E-state index contributed by atoms with van der Waals surface area (Å²) in [5.74, 6) is -0.0216. The van der Waals surface area contributed by atoms with Gasteiger partial charge in [0.2, 0.25) is 0 Å². The number of fused-ring (bicyclic) bond motifs is 1. The van der Waals surface area contributed by atoms with Crippen molar-refractivity contribution in [3.8, 4) is 22.5 Å². The second-order valence-electron chi connectivity index (χ2n) is 7.32. The zero-order valence-electron chi connectivity index (χ0n) is 15.8. The number of rotatable bonds is 3. The molecule has 1 saturated heterocycles. The molecule has 0 bridgehead atoms. The van der Waals surface area contributed by atoms with E-state index in [1.165, 1.54) is 12.1 Å². The normalized spacial score (nSPS) is 15.2. The number of halogens is 3. The van der Waals surface area contributed by atoms with E-state index in [1.807, 2.05) is 17.1 Å². The van der Waals surface area contributed by atoms with Gasteiger partial charge in [0.25, 0.3) is 0 Å². The van der Waals surface area contributed by atoms with Gasteiger partial charge in [-0.25, -0.2) is 9.37 Å². The first-order valence-corrected chi connectivity index (χ1v) is 10.4. The Hall–Kier alpha value is -2.61. The van der Waals surface area contributed by atoms with E-state index in [-0.39, 0.29) is 21.4 Å². The molecule has 30 heavy (non-hydrogen) atoms. The van der Waals surface area contributed by atoms with E-state index in [9.17, 15) is 4.39 Å². The molecule has 0 atom stereocenters. The molecule has 0 radical (unpaired) electrons. The molecule has 1 aliphatic heterocycles. The zero-order chi connectivity index (χ0) is 20.8. The van der Waals surface area contributed by atoms with Gasteiger partial charge in [-0.3, -0.25) is 4.68 Å². The number of pyridine rings is 1.